The summed E-state index contributed by atoms with van der Waals surface area (Å²) in [5, 5.41) is 17.6. The second kappa shape index (κ2) is 6.55. The van der Waals surface area contributed by atoms with E-state index in [9.17, 15) is 0 Å². The molecule has 0 saturated carbocycles. The van der Waals surface area contributed by atoms with Crippen LogP contribution in [0, 0.1) is 6.92 Å². The first-order valence-electron chi connectivity index (χ1n) is 5.11. The Labute approximate surface area is 89.3 Å². The predicted octanol–water partition coefficient (Wildman–Crippen LogP) is 0.160. The molecule has 0 bridgehead atoms. The van der Waals surface area contributed by atoms with Crippen LogP contribution in [0.1, 0.15) is 18.1 Å². The zero-order chi connectivity index (χ0) is 11.1. The maximum atomic E-state index is 8.86. The molecule has 0 amide bonds. The highest BCUT2D eigenvalue weighted by molar-refractivity contribution is 4.90. The van der Waals surface area contributed by atoms with Crippen LogP contribution in [0.25, 0.3) is 0 Å². The second-order valence-electron chi connectivity index (χ2n) is 3.44. The fraction of sp³-hybridized carbons (Fsp3) is 0.700. The zero-order valence-corrected chi connectivity index (χ0v) is 9.02. The summed E-state index contributed by atoms with van der Waals surface area (Å²) in [6, 6.07) is 0. The van der Waals surface area contributed by atoms with Gasteiger partial charge in [-0.1, -0.05) is 0 Å². The van der Waals surface area contributed by atoms with Crippen LogP contribution in [-0.2, 0) is 6.54 Å². The Morgan fingerprint density at radius 2 is 2.13 bits per heavy atom. The van der Waals surface area contributed by atoms with Crippen LogP contribution in [0.3, 0.4) is 0 Å². The summed E-state index contributed by atoms with van der Waals surface area (Å²) in [5.74, 6) is 1.44. The predicted molar refractivity (Wildman–Crippen MR) is 55.3 cm³/mol. The van der Waals surface area contributed by atoms with Gasteiger partial charge in [0.2, 0.25) is 5.89 Å². The average molecular weight is 214 g/mol. The quantitative estimate of drug-likeness (QED) is 0.676. The van der Waals surface area contributed by atoms with Gasteiger partial charge in [-0.05, 0) is 13.3 Å². The van der Waals surface area contributed by atoms with E-state index in [1.165, 1.54) is 0 Å². The Hall–Kier alpha value is -0.910. The maximum absolute atomic E-state index is 8.86. The van der Waals surface area contributed by atoms with E-state index in [4.69, 9.17) is 14.6 Å². The van der Waals surface area contributed by atoms with Crippen LogP contribution < -0.4 is 0 Å². The number of oxazole rings is 1. The number of nitrogens with zero attached hydrogens (tertiary/aromatic N) is 2. The van der Waals surface area contributed by atoms with Gasteiger partial charge in [0.1, 0.15) is 5.76 Å². The third-order valence-corrected chi connectivity index (χ3v) is 2.08. The molecule has 0 aliphatic carbocycles. The zero-order valence-electron chi connectivity index (χ0n) is 9.02. The van der Waals surface area contributed by atoms with Gasteiger partial charge in [0.15, 0.2) is 0 Å². The van der Waals surface area contributed by atoms with Crippen molar-refractivity contribution in [2.75, 3.05) is 26.3 Å². The van der Waals surface area contributed by atoms with E-state index >= 15 is 0 Å². The Bertz CT molecular complexity index is 275. The molecule has 0 aliphatic rings. The lowest BCUT2D eigenvalue weighted by atomic mass is 10.4. The third-order valence-electron chi connectivity index (χ3n) is 2.08. The molecule has 1 aromatic heterocycles. The first-order valence-corrected chi connectivity index (χ1v) is 5.11. The molecule has 0 atom stereocenters. The minimum atomic E-state index is 0.102. The molecule has 15 heavy (non-hydrogen) atoms. The maximum Gasteiger partial charge on any atom is 0.208 e. The van der Waals surface area contributed by atoms with Crippen LogP contribution >= 0.6 is 0 Å². The highest BCUT2D eigenvalue weighted by Crippen LogP contribution is 2.05. The molecule has 2 N–H and O–H groups in total. The lowest BCUT2D eigenvalue weighted by molar-refractivity contribution is 0.163. The molecule has 0 fully saturated rings. The third kappa shape index (κ3) is 4.42. The smallest absolute Gasteiger partial charge is 0.208 e. The van der Waals surface area contributed by atoms with Crippen molar-refractivity contribution in [3.8, 4) is 0 Å². The molecule has 0 aliphatic heterocycles. The molecule has 0 unspecified atom stereocenters. The van der Waals surface area contributed by atoms with E-state index in [0.717, 1.165) is 12.3 Å². The summed E-state index contributed by atoms with van der Waals surface area (Å²) in [7, 11) is 0. The number of rotatable bonds is 7. The van der Waals surface area contributed by atoms with Gasteiger partial charge in [-0.2, -0.15) is 0 Å². The molecule has 0 aromatic carbocycles. The van der Waals surface area contributed by atoms with Crippen molar-refractivity contribution in [1.29, 1.82) is 0 Å². The van der Waals surface area contributed by atoms with Crippen molar-refractivity contribution in [2.24, 2.45) is 0 Å². The number of hydrogen-bond donors (Lipinski definition) is 2. The Balaban J connectivity index is 2.42. The highest BCUT2D eigenvalue weighted by atomic mass is 16.4. The number of aliphatic hydroxyl groups is 2. The summed E-state index contributed by atoms with van der Waals surface area (Å²) >= 11 is 0. The van der Waals surface area contributed by atoms with Crippen LogP contribution in [0.4, 0.5) is 0 Å². The lowest BCUT2D eigenvalue weighted by Crippen LogP contribution is -2.28. The first-order chi connectivity index (χ1) is 7.26. The van der Waals surface area contributed by atoms with Crippen molar-refractivity contribution < 1.29 is 14.6 Å². The summed E-state index contributed by atoms with van der Waals surface area (Å²) in [5.41, 5.74) is 0. The molecule has 0 spiro atoms. The first kappa shape index (κ1) is 12.2. The topological polar surface area (TPSA) is 69.7 Å². The number of hydrogen-bond acceptors (Lipinski definition) is 5. The van der Waals surface area contributed by atoms with Gasteiger partial charge in [-0.15, -0.1) is 0 Å². The van der Waals surface area contributed by atoms with E-state index in [1.807, 2.05) is 11.8 Å². The second-order valence-corrected chi connectivity index (χ2v) is 3.44. The van der Waals surface area contributed by atoms with E-state index in [1.54, 1.807) is 6.20 Å². The monoisotopic (exact) mass is 214 g/mol. The highest BCUT2D eigenvalue weighted by Gasteiger charge is 2.08. The van der Waals surface area contributed by atoms with Gasteiger partial charge >= 0.3 is 0 Å². The minimum Gasteiger partial charge on any atom is -0.445 e. The molecule has 0 radical (unpaired) electrons. The molecule has 1 heterocycles. The number of aliphatic hydroxyl groups excluding tert-OH is 2. The van der Waals surface area contributed by atoms with Crippen molar-refractivity contribution in [2.45, 2.75) is 19.9 Å². The molecule has 1 rings (SSSR count). The molecular weight excluding hydrogens is 196 g/mol. The van der Waals surface area contributed by atoms with Crippen molar-refractivity contribution in [3.05, 3.63) is 17.8 Å². The standard InChI is InChI=1S/C10H18N2O3/c1-9-7-11-10(15-9)8-12(4-6-14)3-2-5-13/h7,13-14H,2-6,8H2,1H3. The fourth-order valence-electron chi connectivity index (χ4n) is 1.37. The van der Waals surface area contributed by atoms with Crippen LogP contribution in [-0.4, -0.2) is 46.4 Å². The average Bonchev–Trinajstić information content (AvgIpc) is 2.61. The molecule has 1 aromatic rings. The molecule has 86 valence electrons. The largest absolute Gasteiger partial charge is 0.445 e. The summed E-state index contributed by atoms with van der Waals surface area (Å²) in [6.07, 6.45) is 2.37. The van der Waals surface area contributed by atoms with E-state index in [2.05, 4.69) is 4.98 Å². The molecule has 0 saturated heterocycles. The number of aryl methyl sites for hydroxylation is 1. The summed E-state index contributed by atoms with van der Waals surface area (Å²) in [4.78, 5) is 6.09. The van der Waals surface area contributed by atoms with Gasteiger partial charge < -0.3 is 14.6 Å². The molecule has 5 nitrogen and oxygen atoms in total. The van der Waals surface area contributed by atoms with Crippen molar-refractivity contribution in [1.82, 2.24) is 9.88 Å². The number of aromatic nitrogens is 1. The van der Waals surface area contributed by atoms with Crippen molar-refractivity contribution >= 4 is 0 Å². The molecule has 5 heteroatoms. The van der Waals surface area contributed by atoms with Crippen LogP contribution in [0.2, 0.25) is 0 Å². The van der Waals surface area contributed by atoms with Crippen LogP contribution in [0.5, 0.6) is 0 Å². The van der Waals surface area contributed by atoms with E-state index in [0.29, 0.717) is 25.4 Å². The Morgan fingerprint density at radius 1 is 1.33 bits per heavy atom. The normalized spacial score (nSPS) is 11.2. The van der Waals surface area contributed by atoms with Crippen LogP contribution in [0.15, 0.2) is 10.6 Å². The Kier molecular flexibility index (Phi) is 5.31. The van der Waals surface area contributed by atoms with E-state index in [-0.39, 0.29) is 13.2 Å². The fourth-order valence-corrected chi connectivity index (χ4v) is 1.37. The van der Waals surface area contributed by atoms with Gasteiger partial charge in [0, 0.05) is 19.7 Å². The van der Waals surface area contributed by atoms with E-state index < -0.39 is 0 Å². The molecular formula is C10H18N2O3. The Morgan fingerprint density at radius 3 is 2.67 bits per heavy atom. The van der Waals surface area contributed by atoms with Gasteiger partial charge in [-0.3, -0.25) is 4.90 Å². The SMILES string of the molecule is Cc1cnc(CN(CCO)CCCO)o1. The minimum absolute atomic E-state index is 0.102. The summed E-state index contributed by atoms with van der Waals surface area (Å²) in [6.45, 7) is 3.99. The van der Waals surface area contributed by atoms with Crippen molar-refractivity contribution in [3.63, 3.8) is 0 Å². The van der Waals surface area contributed by atoms with Gasteiger partial charge in [0.25, 0.3) is 0 Å². The van der Waals surface area contributed by atoms with Gasteiger partial charge in [-0.25, -0.2) is 4.98 Å². The van der Waals surface area contributed by atoms with Gasteiger partial charge in [0.05, 0.1) is 19.3 Å². The lowest BCUT2D eigenvalue weighted by Gasteiger charge is -2.18. The summed E-state index contributed by atoms with van der Waals surface area (Å²) < 4.78 is 5.34.